The Hall–Kier alpha value is -1.55. The van der Waals surface area contributed by atoms with E-state index in [1.165, 1.54) is 0 Å². The Labute approximate surface area is 114 Å². The molecule has 0 spiro atoms. The van der Waals surface area contributed by atoms with E-state index in [0.29, 0.717) is 5.56 Å². The molecule has 4 heteroatoms. The highest BCUT2D eigenvalue weighted by Gasteiger charge is 2.26. The van der Waals surface area contributed by atoms with Crippen molar-refractivity contribution in [3.05, 3.63) is 29.3 Å². The van der Waals surface area contributed by atoms with Crippen molar-refractivity contribution in [2.45, 2.75) is 44.7 Å². The lowest BCUT2D eigenvalue weighted by atomic mass is 9.90. The zero-order chi connectivity index (χ0) is 14.0. The molecule has 2 rings (SSSR count). The molecule has 0 aliphatic heterocycles. The summed E-state index contributed by atoms with van der Waals surface area (Å²) in [5.74, 6) is -0.0199. The number of rotatable bonds is 2. The summed E-state index contributed by atoms with van der Waals surface area (Å²) in [6.45, 7) is 1.80. The zero-order valence-corrected chi connectivity index (χ0v) is 11.6. The molecule has 0 bridgehead atoms. The monoisotopic (exact) mass is 262 g/mol. The van der Waals surface area contributed by atoms with Crippen LogP contribution in [0.5, 0.6) is 5.75 Å². The standard InChI is InChI=1S/C15H22N2O2/c1-10-4-3-5-13(14(10)18)15(19)17(2)12-8-6-11(16)7-9-12/h3-5,11-12,18H,6-9,16H2,1-2H3. The van der Waals surface area contributed by atoms with Crippen molar-refractivity contribution in [2.24, 2.45) is 5.73 Å². The van der Waals surface area contributed by atoms with Crippen molar-refractivity contribution in [1.29, 1.82) is 0 Å². The third kappa shape index (κ3) is 2.89. The molecule has 104 valence electrons. The van der Waals surface area contributed by atoms with E-state index in [0.717, 1.165) is 31.2 Å². The predicted octanol–water partition coefficient (Wildman–Crippen LogP) is 2.04. The van der Waals surface area contributed by atoms with Gasteiger partial charge in [0, 0.05) is 19.1 Å². The molecule has 1 fully saturated rings. The van der Waals surface area contributed by atoms with E-state index in [1.807, 2.05) is 7.05 Å². The first-order chi connectivity index (χ1) is 9.00. The van der Waals surface area contributed by atoms with Crippen LogP contribution >= 0.6 is 0 Å². The fraction of sp³-hybridized carbons (Fsp3) is 0.533. The van der Waals surface area contributed by atoms with Gasteiger partial charge >= 0.3 is 0 Å². The number of hydrogen-bond acceptors (Lipinski definition) is 3. The van der Waals surface area contributed by atoms with Crippen molar-refractivity contribution in [2.75, 3.05) is 7.05 Å². The Bertz CT molecular complexity index is 465. The molecule has 0 saturated heterocycles. The van der Waals surface area contributed by atoms with Gasteiger partial charge in [0.05, 0.1) is 5.56 Å². The van der Waals surface area contributed by atoms with Gasteiger partial charge in [-0.1, -0.05) is 12.1 Å². The van der Waals surface area contributed by atoms with Gasteiger partial charge < -0.3 is 15.7 Å². The zero-order valence-electron chi connectivity index (χ0n) is 11.6. The van der Waals surface area contributed by atoms with E-state index in [1.54, 1.807) is 30.0 Å². The Morgan fingerprint density at radius 2 is 1.95 bits per heavy atom. The summed E-state index contributed by atoms with van der Waals surface area (Å²) in [4.78, 5) is 14.2. The second-order valence-electron chi connectivity index (χ2n) is 5.46. The van der Waals surface area contributed by atoms with Gasteiger partial charge in [0.25, 0.3) is 5.91 Å². The van der Waals surface area contributed by atoms with Crippen LogP contribution < -0.4 is 5.73 Å². The third-order valence-corrected chi connectivity index (χ3v) is 4.08. The van der Waals surface area contributed by atoms with E-state index in [-0.39, 0.29) is 23.7 Å². The lowest BCUT2D eigenvalue weighted by Crippen LogP contribution is -2.41. The first-order valence-electron chi connectivity index (χ1n) is 6.82. The quantitative estimate of drug-likeness (QED) is 0.857. The van der Waals surface area contributed by atoms with E-state index in [4.69, 9.17) is 5.73 Å². The van der Waals surface area contributed by atoms with Gasteiger partial charge in [0.2, 0.25) is 0 Å². The number of amides is 1. The molecular weight excluding hydrogens is 240 g/mol. The second kappa shape index (κ2) is 5.61. The highest BCUT2D eigenvalue weighted by Crippen LogP contribution is 2.26. The number of benzene rings is 1. The molecular formula is C15H22N2O2. The van der Waals surface area contributed by atoms with Crippen LogP contribution in [0.2, 0.25) is 0 Å². The number of phenols is 1. The molecule has 0 heterocycles. The van der Waals surface area contributed by atoms with Crippen LogP contribution in [-0.4, -0.2) is 35.0 Å². The minimum Gasteiger partial charge on any atom is -0.507 e. The van der Waals surface area contributed by atoms with Gasteiger partial charge in [-0.15, -0.1) is 0 Å². The summed E-state index contributed by atoms with van der Waals surface area (Å²) in [5, 5.41) is 9.99. The van der Waals surface area contributed by atoms with Gasteiger partial charge in [-0.05, 0) is 44.2 Å². The summed E-state index contributed by atoms with van der Waals surface area (Å²) >= 11 is 0. The van der Waals surface area contributed by atoms with E-state index < -0.39 is 0 Å². The van der Waals surface area contributed by atoms with Gasteiger partial charge in [-0.3, -0.25) is 4.79 Å². The molecule has 1 amide bonds. The van der Waals surface area contributed by atoms with Crippen molar-refractivity contribution >= 4 is 5.91 Å². The molecule has 19 heavy (non-hydrogen) atoms. The van der Waals surface area contributed by atoms with Crippen LogP contribution in [0.25, 0.3) is 0 Å². The summed E-state index contributed by atoms with van der Waals surface area (Å²) in [6, 6.07) is 5.77. The highest BCUT2D eigenvalue weighted by molar-refractivity contribution is 5.97. The van der Waals surface area contributed by atoms with Crippen LogP contribution in [0.4, 0.5) is 0 Å². The van der Waals surface area contributed by atoms with Gasteiger partial charge in [0.1, 0.15) is 5.75 Å². The number of para-hydroxylation sites is 1. The maximum atomic E-state index is 12.4. The molecule has 4 nitrogen and oxygen atoms in total. The number of carbonyl (C=O) groups is 1. The van der Waals surface area contributed by atoms with E-state index >= 15 is 0 Å². The molecule has 1 aliphatic rings. The number of phenolic OH excluding ortho intramolecular Hbond substituents is 1. The average Bonchev–Trinajstić information content (AvgIpc) is 2.41. The van der Waals surface area contributed by atoms with Gasteiger partial charge in [0.15, 0.2) is 0 Å². The largest absolute Gasteiger partial charge is 0.507 e. The summed E-state index contributed by atoms with van der Waals surface area (Å²) in [7, 11) is 1.81. The SMILES string of the molecule is Cc1cccc(C(=O)N(C)C2CCC(N)CC2)c1O. The fourth-order valence-electron chi connectivity index (χ4n) is 2.68. The second-order valence-corrected chi connectivity index (χ2v) is 5.46. The lowest BCUT2D eigenvalue weighted by Gasteiger charge is -2.33. The molecule has 0 unspecified atom stereocenters. The highest BCUT2D eigenvalue weighted by atomic mass is 16.3. The summed E-state index contributed by atoms with van der Waals surface area (Å²) < 4.78 is 0. The number of aromatic hydroxyl groups is 1. The van der Waals surface area contributed by atoms with Crippen molar-refractivity contribution in [1.82, 2.24) is 4.90 Å². The Morgan fingerprint density at radius 3 is 2.58 bits per heavy atom. The van der Waals surface area contributed by atoms with Gasteiger partial charge in [-0.2, -0.15) is 0 Å². The number of hydrogen-bond donors (Lipinski definition) is 2. The Balaban J connectivity index is 2.13. The smallest absolute Gasteiger partial charge is 0.257 e. The van der Waals surface area contributed by atoms with Crippen LogP contribution in [0.15, 0.2) is 18.2 Å². The van der Waals surface area contributed by atoms with Crippen molar-refractivity contribution in [3.63, 3.8) is 0 Å². The fourth-order valence-corrected chi connectivity index (χ4v) is 2.68. The predicted molar refractivity (Wildman–Crippen MR) is 75.2 cm³/mol. The first-order valence-corrected chi connectivity index (χ1v) is 6.82. The van der Waals surface area contributed by atoms with E-state index in [2.05, 4.69) is 0 Å². The minimum atomic E-state index is -0.110. The van der Waals surface area contributed by atoms with Crippen LogP contribution in [0.1, 0.15) is 41.6 Å². The summed E-state index contributed by atoms with van der Waals surface area (Å²) in [6.07, 6.45) is 3.80. The molecule has 1 aromatic carbocycles. The third-order valence-electron chi connectivity index (χ3n) is 4.08. The number of aryl methyl sites for hydroxylation is 1. The minimum absolute atomic E-state index is 0.0897. The van der Waals surface area contributed by atoms with Crippen molar-refractivity contribution < 1.29 is 9.90 Å². The molecule has 0 aromatic heterocycles. The molecule has 3 N–H and O–H groups in total. The Kier molecular flexibility index (Phi) is 4.10. The normalized spacial score (nSPS) is 23.1. The number of nitrogens with zero attached hydrogens (tertiary/aromatic N) is 1. The number of nitrogens with two attached hydrogens (primary N) is 1. The molecule has 0 radical (unpaired) electrons. The maximum absolute atomic E-state index is 12.4. The average molecular weight is 262 g/mol. The number of carbonyl (C=O) groups excluding carboxylic acids is 1. The van der Waals surface area contributed by atoms with Gasteiger partial charge in [-0.25, -0.2) is 0 Å². The topological polar surface area (TPSA) is 66.6 Å². The maximum Gasteiger partial charge on any atom is 0.257 e. The molecule has 0 atom stereocenters. The summed E-state index contributed by atoms with van der Waals surface area (Å²) in [5.41, 5.74) is 7.00. The van der Waals surface area contributed by atoms with Crippen molar-refractivity contribution in [3.8, 4) is 5.75 Å². The van der Waals surface area contributed by atoms with Crippen LogP contribution in [0.3, 0.4) is 0 Å². The first kappa shape index (κ1) is 13.9. The molecule has 1 aliphatic carbocycles. The molecule has 1 aromatic rings. The lowest BCUT2D eigenvalue weighted by molar-refractivity contribution is 0.0687. The van der Waals surface area contributed by atoms with Crippen LogP contribution in [-0.2, 0) is 0 Å². The Morgan fingerprint density at radius 1 is 1.32 bits per heavy atom. The molecule has 1 saturated carbocycles. The van der Waals surface area contributed by atoms with E-state index in [9.17, 15) is 9.90 Å². The van der Waals surface area contributed by atoms with Crippen LogP contribution in [0, 0.1) is 6.92 Å².